The SMILES string of the molecule is COc1ccc([N+](=O)[O-])c2c1CN[C@@H](C)CN2. The van der Waals surface area contributed by atoms with E-state index < -0.39 is 0 Å². The third-order valence-corrected chi connectivity index (χ3v) is 2.88. The molecule has 0 bridgehead atoms. The van der Waals surface area contributed by atoms with Gasteiger partial charge in [-0.1, -0.05) is 0 Å². The van der Waals surface area contributed by atoms with Crippen LogP contribution in [0.3, 0.4) is 0 Å². The lowest BCUT2D eigenvalue weighted by Gasteiger charge is -2.11. The number of fused-ring (bicyclic) bond motifs is 1. The predicted molar refractivity (Wildman–Crippen MR) is 64.4 cm³/mol. The van der Waals surface area contributed by atoms with Crippen LogP contribution >= 0.6 is 0 Å². The van der Waals surface area contributed by atoms with Crippen LogP contribution in [0.1, 0.15) is 12.5 Å². The first-order chi connectivity index (χ1) is 8.13. The van der Waals surface area contributed by atoms with Crippen molar-refractivity contribution in [3.8, 4) is 5.75 Å². The molecule has 0 saturated heterocycles. The molecule has 0 aromatic heterocycles. The summed E-state index contributed by atoms with van der Waals surface area (Å²) in [6.07, 6.45) is 0. The molecule has 2 N–H and O–H groups in total. The van der Waals surface area contributed by atoms with Gasteiger partial charge in [-0.3, -0.25) is 10.1 Å². The number of methoxy groups -OCH3 is 1. The monoisotopic (exact) mass is 237 g/mol. The van der Waals surface area contributed by atoms with Crippen LogP contribution in [0, 0.1) is 10.1 Å². The Morgan fingerprint density at radius 1 is 1.53 bits per heavy atom. The average molecular weight is 237 g/mol. The van der Waals surface area contributed by atoms with Gasteiger partial charge in [-0.05, 0) is 13.0 Å². The molecule has 17 heavy (non-hydrogen) atoms. The van der Waals surface area contributed by atoms with Crippen LogP contribution in [-0.2, 0) is 6.54 Å². The molecule has 0 unspecified atom stereocenters. The normalized spacial score (nSPS) is 18.8. The molecule has 92 valence electrons. The number of nitrogens with one attached hydrogen (secondary N) is 2. The highest BCUT2D eigenvalue weighted by molar-refractivity contribution is 5.70. The number of anilines is 1. The van der Waals surface area contributed by atoms with E-state index >= 15 is 0 Å². The second-order valence-electron chi connectivity index (χ2n) is 4.06. The van der Waals surface area contributed by atoms with Gasteiger partial charge >= 0.3 is 0 Å². The molecule has 1 heterocycles. The number of hydrogen-bond acceptors (Lipinski definition) is 5. The largest absolute Gasteiger partial charge is 0.496 e. The fourth-order valence-corrected chi connectivity index (χ4v) is 1.94. The molecule has 0 fully saturated rings. The zero-order valence-corrected chi connectivity index (χ0v) is 9.82. The van der Waals surface area contributed by atoms with Crippen molar-refractivity contribution in [1.82, 2.24) is 5.32 Å². The Balaban J connectivity index is 2.52. The number of benzene rings is 1. The molecular weight excluding hydrogens is 222 g/mol. The number of nitro benzene ring substituents is 1. The molecule has 1 aromatic rings. The van der Waals surface area contributed by atoms with Crippen LogP contribution in [0.2, 0.25) is 0 Å². The lowest BCUT2D eigenvalue weighted by atomic mass is 10.1. The first-order valence-electron chi connectivity index (χ1n) is 5.45. The summed E-state index contributed by atoms with van der Waals surface area (Å²) in [5.41, 5.74) is 1.47. The van der Waals surface area contributed by atoms with Crippen molar-refractivity contribution < 1.29 is 9.66 Å². The van der Waals surface area contributed by atoms with Gasteiger partial charge in [0.1, 0.15) is 11.4 Å². The highest BCUT2D eigenvalue weighted by atomic mass is 16.6. The molecule has 1 aliphatic heterocycles. The minimum atomic E-state index is -0.374. The van der Waals surface area contributed by atoms with E-state index in [-0.39, 0.29) is 16.7 Å². The number of hydrogen-bond donors (Lipinski definition) is 2. The lowest BCUT2D eigenvalue weighted by Crippen LogP contribution is -2.29. The molecule has 1 atom stereocenters. The fourth-order valence-electron chi connectivity index (χ4n) is 1.94. The Bertz CT molecular complexity index is 448. The second-order valence-corrected chi connectivity index (χ2v) is 4.06. The molecule has 1 aliphatic rings. The van der Waals surface area contributed by atoms with E-state index in [9.17, 15) is 10.1 Å². The maximum absolute atomic E-state index is 11.0. The van der Waals surface area contributed by atoms with Crippen molar-refractivity contribution in [1.29, 1.82) is 0 Å². The summed E-state index contributed by atoms with van der Waals surface area (Å²) in [6, 6.07) is 3.36. The summed E-state index contributed by atoms with van der Waals surface area (Å²) >= 11 is 0. The zero-order chi connectivity index (χ0) is 12.4. The summed E-state index contributed by atoms with van der Waals surface area (Å²) in [5, 5.41) is 17.4. The first-order valence-corrected chi connectivity index (χ1v) is 5.45. The van der Waals surface area contributed by atoms with E-state index in [0.717, 1.165) is 5.56 Å². The number of nitro groups is 1. The third-order valence-electron chi connectivity index (χ3n) is 2.88. The molecule has 6 nitrogen and oxygen atoms in total. The number of rotatable bonds is 2. The number of ether oxygens (including phenoxy) is 1. The Hall–Kier alpha value is -1.82. The number of nitrogens with zero attached hydrogens (tertiary/aromatic N) is 1. The quantitative estimate of drug-likeness (QED) is 0.602. The highest BCUT2D eigenvalue weighted by Crippen LogP contribution is 2.36. The Kier molecular flexibility index (Phi) is 3.14. The van der Waals surface area contributed by atoms with Crippen LogP contribution in [0.4, 0.5) is 11.4 Å². The van der Waals surface area contributed by atoms with Gasteiger partial charge in [-0.15, -0.1) is 0 Å². The molecule has 1 aromatic carbocycles. The molecule has 0 spiro atoms. The predicted octanol–water partition coefficient (Wildman–Crippen LogP) is 1.51. The van der Waals surface area contributed by atoms with E-state index in [2.05, 4.69) is 10.6 Å². The molecular formula is C11H15N3O3. The maximum Gasteiger partial charge on any atom is 0.292 e. The lowest BCUT2D eigenvalue weighted by molar-refractivity contribution is -0.384. The Morgan fingerprint density at radius 3 is 2.94 bits per heavy atom. The summed E-state index contributed by atoms with van der Waals surface area (Å²) in [6.45, 7) is 3.24. The molecule has 0 amide bonds. The third kappa shape index (κ3) is 2.16. The van der Waals surface area contributed by atoms with Crippen molar-refractivity contribution in [3.05, 3.63) is 27.8 Å². The smallest absolute Gasteiger partial charge is 0.292 e. The zero-order valence-electron chi connectivity index (χ0n) is 9.82. The second kappa shape index (κ2) is 4.58. The van der Waals surface area contributed by atoms with Gasteiger partial charge in [0.05, 0.1) is 12.0 Å². The van der Waals surface area contributed by atoms with Crippen molar-refractivity contribution in [3.63, 3.8) is 0 Å². The topological polar surface area (TPSA) is 76.4 Å². The van der Waals surface area contributed by atoms with Crippen molar-refractivity contribution in [2.45, 2.75) is 19.5 Å². The van der Waals surface area contributed by atoms with Gasteiger partial charge < -0.3 is 15.4 Å². The minimum absolute atomic E-state index is 0.0942. The van der Waals surface area contributed by atoms with Crippen LogP contribution in [0.25, 0.3) is 0 Å². The van der Waals surface area contributed by atoms with Crippen molar-refractivity contribution >= 4 is 11.4 Å². The van der Waals surface area contributed by atoms with Crippen LogP contribution in [0.5, 0.6) is 5.75 Å². The standard InChI is InChI=1S/C11H15N3O3/c1-7-5-13-11-8(6-12-7)10(17-2)4-3-9(11)14(15)16/h3-4,7,12-13H,5-6H2,1-2H3/t7-/m0/s1. The van der Waals surface area contributed by atoms with Gasteiger partial charge in [0, 0.05) is 30.8 Å². The Morgan fingerprint density at radius 2 is 2.29 bits per heavy atom. The van der Waals surface area contributed by atoms with Crippen LogP contribution in [-0.4, -0.2) is 24.6 Å². The summed E-state index contributed by atoms with van der Waals surface area (Å²) < 4.78 is 5.24. The average Bonchev–Trinajstić information content (AvgIpc) is 2.50. The summed E-state index contributed by atoms with van der Waals surface area (Å²) in [7, 11) is 1.57. The fraction of sp³-hybridized carbons (Fsp3) is 0.455. The molecule has 0 aliphatic carbocycles. The van der Waals surface area contributed by atoms with E-state index in [1.165, 1.54) is 6.07 Å². The van der Waals surface area contributed by atoms with E-state index in [4.69, 9.17) is 4.74 Å². The Labute approximate surface area is 99.1 Å². The van der Waals surface area contributed by atoms with Gasteiger partial charge in [-0.25, -0.2) is 0 Å². The van der Waals surface area contributed by atoms with Gasteiger partial charge in [0.15, 0.2) is 0 Å². The van der Waals surface area contributed by atoms with Crippen molar-refractivity contribution in [2.24, 2.45) is 0 Å². The van der Waals surface area contributed by atoms with Gasteiger partial charge in [0.2, 0.25) is 0 Å². The van der Waals surface area contributed by atoms with Crippen LogP contribution in [0.15, 0.2) is 12.1 Å². The maximum atomic E-state index is 11.0. The minimum Gasteiger partial charge on any atom is -0.496 e. The van der Waals surface area contributed by atoms with Crippen LogP contribution < -0.4 is 15.4 Å². The van der Waals surface area contributed by atoms with E-state index in [0.29, 0.717) is 24.5 Å². The first kappa shape index (κ1) is 11.7. The molecule has 0 radical (unpaired) electrons. The molecule has 2 rings (SSSR count). The highest BCUT2D eigenvalue weighted by Gasteiger charge is 2.24. The summed E-state index contributed by atoms with van der Waals surface area (Å²) in [5.74, 6) is 0.666. The van der Waals surface area contributed by atoms with E-state index in [1.807, 2.05) is 6.92 Å². The van der Waals surface area contributed by atoms with E-state index in [1.54, 1.807) is 13.2 Å². The van der Waals surface area contributed by atoms with Gasteiger partial charge in [0.25, 0.3) is 5.69 Å². The summed E-state index contributed by atoms with van der Waals surface area (Å²) in [4.78, 5) is 10.6. The van der Waals surface area contributed by atoms with Gasteiger partial charge in [-0.2, -0.15) is 0 Å². The molecule has 0 saturated carbocycles. The molecule has 6 heteroatoms. The van der Waals surface area contributed by atoms with Crippen molar-refractivity contribution in [2.75, 3.05) is 19.0 Å².